The standard InChI is InChI=1S/C19H22N4O2/c24-18-10-14(12-20-18)19(25)21-17-11-16(13-6-4-5-7-13)23(22-17)15-8-2-1-3-9-15/h1-3,8-9,11,13-14H,4-7,10,12H2,(H,20,24)(H,21,22,25)/t14-/m1/s1. The van der Waals surface area contributed by atoms with Crippen molar-refractivity contribution in [3.63, 3.8) is 0 Å². The zero-order valence-electron chi connectivity index (χ0n) is 14.1. The van der Waals surface area contributed by atoms with Gasteiger partial charge in [-0.2, -0.15) is 0 Å². The molecule has 25 heavy (non-hydrogen) atoms. The number of amides is 2. The molecule has 2 amide bonds. The number of carbonyl (C=O) groups excluding carboxylic acids is 2. The van der Waals surface area contributed by atoms with Gasteiger partial charge >= 0.3 is 0 Å². The van der Waals surface area contributed by atoms with Crippen LogP contribution in [-0.4, -0.2) is 28.1 Å². The second kappa shape index (κ2) is 6.70. The van der Waals surface area contributed by atoms with Crippen molar-refractivity contribution >= 4 is 17.6 Å². The molecule has 2 fully saturated rings. The quantitative estimate of drug-likeness (QED) is 0.900. The van der Waals surface area contributed by atoms with E-state index in [0.29, 0.717) is 18.3 Å². The molecule has 1 atom stereocenters. The molecular weight excluding hydrogens is 316 g/mol. The van der Waals surface area contributed by atoms with Gasteiger partial charge in [-0.05, 0) is 25.0 Å². The summed E-state index contributed by atoms with van der Waals surface area (Å²) in [5, 5.41) is 10.2. The lowest BCUT2D eigenvalue weighted by molar-refractivity contribution is -0.123. The molecule has 1 aliphatic heterocycles. The molecule has 1 saturated carbocycles. The Morgan fingerprint density at radius 3 is 2.64 bits per heavy atom. The number of anilines is 1. The maximum atomic E-state index is 12.4. The van der Waals surface area contributed by atoms with Crippen LogP contribution in [0, 0.1) is 5.92 Å². The SMILES string of the molecule is O=C1C[C@@H](C(=O)Nc2cc(C3CCCC3)n(-c3ccccc3)n2)CN1. The molecule has 2 aromatic rings. The molecule has 0 spiro atoms. The van der Waals surface area contributed by atoms with Gasteiger partial charge in [0.2, 0.25) is 11.8 Å². The van der Waals surface area contributed by atoms with Crippen molar-refractivity contribution in [1.82, 2.24) is 15.1 Å². The number of rotatable bonds is 4. The fraction of sp³-hybridized carbons (Fsp3) is 0.421. The van der Waals surface area contributed by atoms with Gasteiger partial charge in [0.1, 0.15) is 0 Å². The van der Waals surface area contributed by atoms with Crippen molar-refractivity contribution in [3.8, 4) is 5.69 Å². The molecule has 2 N–H and O–H groups in total. The molecule has 4 rings (SSSR count). The van der Waals surface area contributed by atoms with Crippen molar-refractivity contribution in [2.45, 2.75) is 38.0 Å². The topological polar surface area (TPSA) is 76.0 Å². The average molecular weight is 338 g/mol. The number of para-hydroxylation sites is 1. The van der Waals surface area contributed by atoms with E-state index >= 15 is 0 Å². The molecule has 1 aromatic carbocycles. The van der Waals surface area contributed by atoms with Gasteiger partial charge in [-0.3, -0.25) is 9.59 Å². The van der Waals surface area contributed by atoms with Crippen molar-refractivity contribution in [2.24, 2.45) is 5.92 Å². The summed E-state index contributed by atoms with van der Waals surface area (Å²) in [6.07, 6.45) is 5.05. The number of nitrogens with one attached hydrogen (secondary N) is 2. The number of benzene rings is 1. The zero-order chi connectivity index (χ0) is 17.2. The van der Waals surface area contributed by atoms with Crippen LogP contribution < -0.4 is 10.6 Å². The summed E-state index contributed by atoms with van der Waals surface area (Å²) in [6, 6.07) is 12.0. The van der Waals surface area contributed by atoms with Gasteiger partial charge in [0.05, 0.1) is 11.6 Å². The van der Waals surface area contributed by atoms with E-state index in [2.05, 4.69) is 15.7 Å². The van der Waals surface area contributed by atoms with E-state index in [9.17, 15) is 9.59 Å². The van der Waals surface area contributed by atoms with Crippen LogP contribution in [0.2, 0.25) is 0 Å². The highest BCUT2D eigenvalue weighted by Gasteiger charge is 2.29. The van der Waals surface area contributed by atoms with Gasteiger partial charge < -0.3 is 10.6 Å². The van der Waals surface area contributed by atoms with Gasteiger partial charge in [0, 0.05) is 30.6 Å². The number of nitrogens with zero attached hydrogens (tertiary/aromatic N) is 2. The van der Waals surface area contributed by atoms with Crippen LogP contribution in [0.3, 0.4) is 0 Å². The van der Waals surface area contributed by atoms with Crippen LogP contribution in [0.25, 0.3) is 5.69 Å². The summed E-state index contributed by atoms with van der Waals surface area (Å²) in [5.74, 6) is 0.517. The lowest BCUT2D eigenvalue weighted by atomic mass is 10.0. The minimum absolute atomic E-state index is 0.0680. The third-order valence-electron chi connectivity index (χ3n) is 5.11. The molecule has 1 aliphatic carbocycles. The second-order valence-corrected chi connectivity index (χ2v) is 6.88. The number of hydrogen-bond acceptors (Lipinski definition) is 3. The predicted molar refractivity (Wildman–Crippen MR) is 94.5 cm³/mol. The van der Waals surface area contributed by atoms with Gasteiger partial charge in [0.25, 0.3) is 0 Å². The Balaban J connectivity index is 1.60. The highest BCUT2D eigenvalue weighted by molar-refractivity contribution is 5.96. The summed E-state index contributed by atoms with van der Waals surface area (Å²) in [4.78, 5) is 23.7. The summed E-state index contributed by atoms with van der Waals surface area (Å²) in [6.45, 7) is 0.402. The van der Waals surface area contributed by atoms with E-state index in [-0.39, 0.29) is 24.2 Å². The Bertz CT molecular complexity index is 778. The molecule has 0 unspecified atom stereocenters. The first-order valence-corrected chi connectivity index (χ1v) is 8.93. The van der Waals surface area contributed by atoms with Crippen molar-refractivity contribution in [2.75, 3.05) is 11.9 Å². The lowest BCUT2D eigenvalue weighted by Crippen LogP contribution is -2.24. The molecule has 6 nitrogen and oxygen atoms in total. The van der Waals surface area contributed by atoms with E-state index in [1.165, 1.54) is 12.8 Å². The largest absolute Gasteiger partial charge is 0.355 e. The van der Waals surface area contributed by atoms with Crippen LogP contribution in [-0.2, 0) is 9.59 Å². The fourth-order valence-electron chi connectivity index (χ4n) is 3.76. The summed E-state index contributed by atoms with van der Waals surface area (Å²) in [7, 11) is 0. The smallest absolute Gasteiger partial charge is 0.230 e. The number of carbonyl (C=O) groups is 2. The fourth-order valence-corrected chi connectivity index (χ4v) is 3.76. The first-order valence-electron chi connectivity index (χ1n) is 8.93. The monoisotopic (exact) mass is 338 g/mol. The molecule has 6 heteroatoms. The van der Waals surface area contributed by atoms with Gasteiger partial charge in [-0.15, -0.1) is 5.10 Å². The van der Waals surface area contributed by atoms with Gasteiger partial charge in [-0.25, -0.2) is 4.68 Å². The molecule has 1 aromatic heterocycles. The Hall–Kier alpha value is -2.63. The normalized spacial score (nSPS) is 20.6. The van der Waals surface area contributed by atoms with Crippen molar-refractivity contribution in [1.29, 1.82) is 0 Å². The van der Waals surface area contributed by atoms with Crippen LogP contribution in [0.15, 0.2) is 36.4 Å². The molecule has 0 bridgehead atoms. The summed E-state index contributed by atoms with van der Waals surface area (Å²) in [5.41, 5.74) is 2.15. The maximum Gasteiger partial charge on any atom is 0.230 e. The molecule has 2 aliphatic rings. The lowest BCUT2D eigenvalue weighted by Gasteiger charge is -2.12. The third kappa shape index (κ3) is 3.29. The van der Waals surface area contributed by atoms with E-state index in [1.54, 1.807) is 0 Å². The Kier molecular flexibility index (Phi) is 4.26. The highest BCUT2D eigenvalue weighted by Crippen LogP contribution is 2.36. The Labute approximate surface area is 146 Å². The first-order chi connectivity index (χ1) is 12.2. The average Bonchev–Trinajstić information content (AvgIpc) is 3.35. The molecular formula is C19H22N4O2. The summed E-state index contributed by atoms with van der Waals surface area (Å²) >= 11 is 0. The molecule has 130 valence electrons. The first kappa shape index (κ1) is 15.9. The maximum absolute atomic E-state index is 12.4. The molecule has 1 saturated heterocycles. The molecule has 0 radical (unpaired) electrons. The van der Waals surface area contributed by atoms with E-state index < -0.39 is 0 Å². The number of aromatic nitrogens is 2. The van der Waals surface area contributed by atoms with Crippen LogP contribution in [0.1, 0.15) is 43.7 Å². The van der Waals surface area contributed by atoms with Crippen molar-refractivity contribution < 1.29 is 9.59 Å². The Morgan fingerprint density at radius 2 is 1.96 bits per heavy atom. The molecule has 2 heterocycles. The Morgan fingerprint density at radius 1 is 1.20 bits per heavy atom. The van der Waals surface area contributed by atoms with Crippen LogP contribution in [0.5, 0.6) is 0 Å². The van der Waals surface area contributed by atoms with Gasteiger partial charge in [-0.1, -0.05) is 31.0 Å². The van der Waals surface area contributed by atoms with E-state index in [1.807, 2.05) is 41.1 Å². The van der Waals surface area contributed by atoms with E-state index in [4.69, 9.17) is 0 Å². The summed E-state index contributed by atoms with van der Waals surface area (Å²) < 4.78 is 1.95. The van der Waals surface area contributed by atoms with Crippen LogP contribution >= 0.6 is 0 Å². The minimum Gasteiger partial charge on any atom is -0.355 e. The van der Waals surface area contributed by atoms with Crippen molar-refractivity contribution in [3.05, 3.63) is 42.1 Å². The third-order valence-corrected chi connectivity index (χ3v) is 5.11. The van der Waals surface area contributed by atoms with E-state index in [0.717, 1.165) is 24.2 Å². The van der Waals surface area contributed by atoms with Gasteiger partial charge in [0.15, 0.2) is 5.82 Å². The predicted octanol–water partition coefficient (Wildman–Crippen LogP) is 2.60. The second-order valence-electron chi connectivity index (χ2n) is 6.88. The van der Waals surface area contributed by atoms with Crippen LogP contribution in [0.4, 0.5) is 5.82 Å². The highest BCUT2D eigenvalue weighted by atomic mass is 16.2. The zero-order valence-corrected chi connectivity index (χ0v) is 14.1. The number of hydrogen-bond donors (Lipinski definition) is 2. The minimum atomic E-state index is -0.315.